The Labute approximate surface area is 292 Å². The van der Waals surface area contributed by atoms with Crippen molar-refractivity contribution in [3.8, 4) is 0 Å². The Kier molecular flexibility index (Phi) is 28.4. The highest BCUT2D eigenvalue weighted by molar-refractivity contribution is 5.76. The number of carbonyl (C=O) groups excluding carboxylic acids is 1. The van der Waals surface area contributed by atoms with Gasteiger partial charge in [0.25, 0.3) is 0 Å². The van der Waals surface area contributed by atoms with Crippen LogP contribution in [-0.2, 0) is 14.3 Å². The third kappa shape index (κ3) is 21.7. The van der Waals surface area contributed by atoms with Crippen molar-refractivity contribution in [2.45, 2.75) is 204 Å². The first kappa shape index (κ1) is 44.7. The third-order valence-corrected chi connectivity index (χ3v) is 9.28. The number of unbranched alkanes of at least 4 members (excludes halogenated alkanes) is 19. The quantitative estimate of drug-likeness (QED) is 0.0346. The fourth-order valence-electron chi connectivity index (χ4n) is 6.05. The molecule has 1 saturated heterocycles. The van der Waals surface area contributed by atoms with E-state index in [4.69, 9.17) is 9.47 Å². The van der Waals surface area contributed by atoms with Crippen LogP contribution in [0.15, 0.2) is 24.3 Å². The molecule has 0 aromatic rings. The number of amides is 1. The van der Waals surface area contributed by atoms with E-state index in [0.717, 1.165) is 38.5 Å². The molecule has 0 spiro atoms. The van der Waals surface area contributed by atoms with Gasteiger partial charge in [-0.3, -0.25) is 4.79 Å². The van der Waals surface area contributed by atoms with Crippen molar-refractivity contribution < 1.29 is 39.8 Å². The van der Waals surface area contributed by atoms with Gasteiger partial charge >= 0.3 is 0 Å². The number of nitrogens with one attached hydrogen (secondary N) is 1. The standard InChI is InChI=1S/C39H73NO8/c1-3-5-7-9-11-13-15-16-17-18-19-20-22-24-26-28-33(42)32(31-47-39-38(46)37(45)36(44)34(30-41)48-39)40-35(43)29-27-25-23-21-14-12-10-8-6-4-2/h19-20,26,28,32-34,36-39,41-42,44-46H,3-18,21-25,27,29-31H2,1-2H3,(H,40,43)/b20-19+,28-26+. The highest BCUT2D eigenvalue weighted by atomic mass is 16.7. The number of hydrogen-bond acceptors (Lipinski definition) is 8. The summed E-state index contributed by atoms with van der Waals surface area (Å²) in [6.07, 6.45) is 26.5. The van der Waals surface area contributed by atoms with Crippen LogP contribution in [0.2, 0.25) is 0 Å². The summed E-state index contributed by atoms with van der Waals surface area (Å²) in [6, 6.07) is -0.813. The monoisotopic (exact) mass is 684 g/mol. The van der Waals surface area contributed by atoms with Crippen molar-refractivity contribution in [1.29, 1.82) is 0 Å². The molecule has 1 aliphatic rings. The van der Waals surface area contributed by atoms with Gasteiger partial charge in [0.15, 0.2) is 6.29 Å². The second-order valence-corrected chi connectivity index (χ2v) is 13.7. The first-order valence-electron chi connectivity index (χ1n) is 19.6. The lowest BCUT2D eigenvalue weighted by Crippen LogP contribution is -2.60. The fourth-order valence-corrected chi connectivity index (χ4v) is 6.05. The molecule has 0 saturated carbocycles. The zero-order valence-electron chi connectivity index (χ0n) is 30.5. The molecule has 1 amide bonds. The molecule has 9 nitrogen and oxygen atoms in total. The molecule has 0 bridgehead atoms. The van der Waals surface area contributed by atoms with Crippen LogP contribution in [0, 0.1) is 0 Å². The van der Waals surface area contributed by atoms with E-state index in [0.29, 0.717) is 6.42 Å². The second-order valence-electron chi connectivity index (χ2n) is 13.7. The Morgan fingerprint density at radius 2 is 1.19 bits per heavy atom. The van der Waals surface area contributed by atoms with E-state index < -0.39 is 49.5 Å². The van der Waals surface area contributed by atoms with Gasteiger partial charge in [0.05, 0.1) is 25.4 Å². The number of rotatable bonds is 31. The van der Waals surface area contributed by atoms with Gasteiger partial charge in [0, 0.05) is 6.42 Å². The lowest BCUT2D eigenvalue weighted by atomic mass is 9.99. The van der Waals surface area contributed by atoms with Crippen molar-refractivity contribution in [2.75, 3.05) is 13.2 Å². The molecule has 7 unspecified atom stereocenters. The average molecular weight is 684 g/mol. The van der Waals surface area contributed by atoms with Gasteiger partial charge in [-0.25, -0.2) is 0 Å². The summed E-state index contributed by atoms with van der Waals surface area (Å²) in [7, 11) is 0. The number of allylic oxidation sites excluding steroid dienone is 3. The maximum absolute atomic E-state index is 12.8. The van der Waals surface area contributed by atoms with Gasteiger partial charge in [0.2, 0.25) is 5.91 Å². The second kappa shape index (κ2) is 30.5. The molecule has 1 heterocycles. The molecule has 1 fully saturated rings. The molecule has 9 heteroatoms. The molecule has 0 aromatic heterocycles. The summed E-state index contributed by atoms with van der Waals surface area (Å²) in [6.45, 7) is 3.71. The Morgan fingerprint density at radius 3 is 1.75 bits per heavy atom. The van der Waals surface area contributed by atoms with Gasteiger partial charge < -0.3 is 40.3 Å². The number of carbonyl (C=O) groups is 1. The number of ether oxygens (including phenoxy) is 2. The normalized spacial score (nSPS) is 22.9. The number of hydrogen-bond donors (Lipinski definition) is 6. The summed E-state index contributed by atoms with van der Waals surface area (Å²) in [5.74, 6) is -0.191. The van der Waals surface area contributed by atoms with E-state index in [1.807, 2.05) is 6.08 Å². The minimum absolute atomic E-state index is 0.191. The van der Waals surface area contributed by atoms with Crippen LogP contribution in [0.3, 0.4) is 0 Å². The minimum atomic E-state index is -1.57. The average Bonchev–Trinajstić information content (AvgIpc) is 3.08. The topological polar surface area (TPSA) is 149 Å². The maximum Gasteiger partial charge on any atom is 0.220 e. The van der Waals surface area contributed by atoms with Gasteiger partial charge in [-0.1, -0.05) is 147 Å². The summed E-state index contributed by atoms with van der Waals surface area (Å²) in [4.78, 5) is 12.8. The Balaban J connectivity index is 2.48. The summed E-state index contributed by atoms with van der Waals surface area (Å²) < 4.78 is 11.1. The lowest BCUT2D eigenvalue weighted by molar-refractivity contribution is -0.302. The molecule has 48 heavy (non-hydrogen) atoms. The molecule has 6 N–H and O–H groups in total. The molecular formula is C39H73NO8. The van der Waals surface area contributed by atoms with Crippen molar-refractivity contribution in [2.24, 2.45) is 0 Å². The molecule has 0 aromatic carbocycles. The largest absolute Gasteiger partial charge is 0.394 e. The molecule has 282 valence electrons. The predicted octanol–water partition coefficient (Wildman–Crippen LogP) is 6.77. The van der Waals surface area contributed by atoms with Crippen LogP contribution < -0.4 is 5.32 Å². The summed E-state index contributed by atoms with van der Waals surface area (Å²) >= 11 is 0. The van der Waals surface area contributed by atoms with Crippen LogP contribution in [0.4, 0.5) is 0 Å². The molecule has 0 radical (unpaired) electrons. The van der Waals surface area contributed by atoms with E-state index in [1.165, 1.54) is 103 Å². The highest BCUT2D eigenvalue weighted by Crippen LogP contribution is 2.22. The van der Waals surface area contributed by atoms with Crippen LogP contribution in [-0.4, -0.2) is 87.5 Å². The van der Waals surface area contributed by atoms with Gasteiger partial charge in [-0.15, -0.1) is 0 Å². The first-order chi connectivity index (χ1) is 23.3. The van der Waals surface area contributed by atoms with E-state index in [9.17, 15) is 30.3 Å². The highest BCUT2D eigenvalue weighted by Gasteiger charge is 2.44. The smallest absolute Gasteiger partial charge is 0.220 e. The molecular weight excluding hydrogens is 610 g/mol. The van der Waals surface area contributed by atoms with Crippen molar-refractivity contribution in [3.05, 3.63) is 24.3 Å². The van der Waals surface area contributed by atoms with Crippen molar-refractivity contribution in [3.63, 3.8) is 0 Å². The Morgan fingerprint density at radius 1 is 0.688 bits per heavy atom. The van der Waals surface area contributed by atoms with Crippen LogP contribution >= 0.6 is 0 Å². The molecule has 1 rings (SSSR count). The van der Waals surface area contributed by atoms with Crippen molar-refractivity contribution >= 4 is 5.91 Å². The Bertz CT molecular complexity index is 807. The van der Waals surface area contributed by atoms with Crippen molar-refractivity contribution in [1.82, 2.24) is 5.32 Å². The van der Waals surface area contributed by atoms with Crippen LogP contribution in [0.25, 0.3) is 0 Å². The van der Waals surface area contributed by atoms with Crippen LogP contribution in [0.1, 0.15) is 162 Å². The first-order valence-corrected chi connectivity index (χ1v) is 19.6. The zero-order chi connectivity index (χ0) is 35.2. The van der Waals surface area contributed by atoms with Crippen LogP contribution in [0.5, 0.6) is 0 Å². The SMILES string of the molecule is CCCCCCCCCCC/C=C/CC/C=C/C(O)C(COC1OC(CO)C(O)C(O)C1O)NC(=O)CCCCCCCCCCCC. The third-order valence-electron chi connectivity index (χ3n) is 9.28. The Hall–Kier alpha value is -1.33. The summed E-state index contributed by atoms with van der Waals surface area (Å²) in [5.41, 5.74) is 0. The predicted molar refractivity (Wildman–Crippen MR) is 193 cm³/mol. The number of aliphatic hydroxyl groups excluding tert-OH is 5. The van der Waals surface area contributed by atoms with E-state index in [1.54, 1.807) is 6.08 Å². The maximum atomic E-state index is 12.8. The van der Waals surface area contributed by atoms with Gasteiger partial charge in [0.1, 0.15) is 24.4 Å². The zero-order valence-corrected chi connectivity index (χ0v) is 30.5. The lowest BCUT2D eigenvalue weighted by Gasteiger charge is -2.40. The van der Waals surface area contributed by atoms with E-state index in [-0.39, 0.29) is 12.5 Å². The van der Waals surface area contributed by atoms with E-state index >= 15 is 0 Å². The molecule has 0 aliphatic carbocycles. The fraction of sp³-hybridized carbons (Fsp3) is 0.872. The summed E-state index contributed by atoms with van der Waals surface area (Å²) in [5, 5.41) is 53.8. The van der Waals surface area contributed by atoms with Gasteiger partial charge in [-0.2, -0.15) is 0 Å². The molecule has 7 atom stereocenters. The molecule has 1 aliphatic heterocycles. The van der Waals surface area contributed by atoms with Gasteiger partial charge in [-0.05, 0) is 32.1 Å². The minimum Gasteiger partial charge on any atom is -0.394 e. The van der Waals surface area contributed by atoms with E-state index in [2.05, 4.69) is 31.3 Å². The number of aliphatic hydroxyl groups is 5.